The quantitative estimate of drug-likeness (QED) is 0.722. The van der Waals surface area contributed by atoms with Crippen LogP contribution in [0.4, 0.5) is 4.39 Å². The zero-order valence-corrected chi connectivity index (χ0v) is 9.62. The van der Waals surface area contributed by atoms with E-state index in [9.17, 15) is 9.18 Å². The largest absolute Gasteiger partial charge is 0.318 e. The molecule has 3 heteroatoms. The van der Waals surface area contributed by atoms with Crippen molar-refractivity contribution < 1.29 is 4.39 Å². The Labute approximate surface area is 93.3 Å². The lowest BCUT2D eigenvalue weighted by molar-refractivity contribution is 0.635. The van der Waals surface area contributed by atoms with E-state index in [1.54, 1.807) is 25.4 Å². The van der Waals surface area contributed by atoms with Gasteiger partial charge in [-0.25, -0.2) is 4.39 Å². The summed E-state index contributed by atoms with van der Waals surface area (Å²) in [4.78, 5) is 11.9. The topological polar surface area (TPSA) is 22.0 Å². The molecule has 16 heavy (non-hydrogen) atoms. The molecule has 0 amide bonds. The summed E-state index contributed by atoms with van der Waals surface area (Å²) in [7, 11) is 1.67. The summed E-state index contributed by atoms with van der Waals surface area (Å²) >= 11 is 0. The Hall–Kier alpha value is -1.64. The van der Waals surface area contributed by atoms with E-state index in [2.05, 4.69) is 0 Å². The molecular weight excluding hydrogens is 205 g/mol. The van der Waals surface area contributed by atoms with Gasteiger partial charge >= 0.3 is 0 Å². The number of hydrogen-bond donors (Lipinski definition) is 0. The van der Waals surface area contributed by atoms with E-state index in [-0.39, 0.29) is 17.3 Å². The molecule has 1 aromatic heterocycles. The maximum Gasteiger partial charge on any atom is 0.258 e. The second-order valence-corrected chi connectivity index (χ2v) is 4.35. The van der Waals surface area contributed by atoms with Gasteiger partial charge in [-0.05, 0) is 29.7 Å². The highest BCUT2D eigenvalue weighted by atomic mass is 19.1. The third-order valence-electron chi connectivity index (χ3n) is 2.83. The third kappa shape index (κ3) is 1.62. The molecule has 0 saturated heterocycles. The van der Waals surface area contributed by atoms with Gasteiger partial charge in [-0.1, -0.05) is 13.8 Å². The lowest BCUT2D eigenvalue weighted by Crippen LogP contribution is -2.16. The van der Waals surface area contributed by atoms with Crippen LogP contribution in [0.15, 0.2) is 29.2 Å². The molecule has 0 N–H and O–H groups in total. The van der Waals surface area contributed by atoms with Crippen LogP contribution in [0.3, 0.4) is 0 Å². The Balaban J connectivity index is 2.89. The van der Waals surface area contributed by atoms with Crippen molar-refractivity contribution in [3.8, 4) is 0 Å². The normalized spacial score (nSPS) is 11.3. The Bertz CT molecular complexity index is 599. The maximum atomic E-state index is 13.8. The summed E-state index contributed by atoms with van der Waals surface area (Å²) in [5, 5.41) is 0.848. The molecular formula is C13H14FNO. The fourth-order valence-electron chi connectivity index (χ4n) is 1.76. The molecule has 0 bridgehead atoms. The van der Waals surface area contributed by atoms with Crippen LogP contribution >= 0.6 is 0 Å². The van der Waals surface area contributed by atoms with E-state index >= 15 is 0 Å². The lowest BCUT2D eigenvalue weighted by atomic mass is 10.00. The zero-order valence-electron chi connectivity index (χ0n) is 9.62. The summed E-state index contributed by atoms with van der Waals surface area (Å²) in [6, 6.07) is 4.92. The first-order valence-corrected chi connectivity index (χ1v) is 5.29. The van der Waals surface area contributed by atoms with Crippen LogP contribution in [0.2, 0.25) is 0 Å². The zero-order chi connectivity index (χ0) is 11.9. The minimum absolute atomic E-state index is 0.154. The second-order valence-electron chi connectivity index (χ2n) is 4.35. The van der Waals surface area contributed by atoms with Crippen LogP contribution in [0.25, 0.3) is 10.8 Å². The third-order valence-corrected chi connectivity index (χ3v) is 2.83. The Kier molecular flexibility index (Phi) is 2.54. The molecule has 2 aromatic rings. The molecule has 0 aliphatic carbocycles. The van der Waals surface area contributed by atoms with Gasteiger partial charge in [0.2, 0.25) is 0 Å². The fourth-order valence-corrected chi connectivity index (χ4v) is 1.76. The van der Waals surface area contributed by atoms with Crippen molar-refractivity contribution in [3.05, 3.63) is 46.1 Å². The molecule has 0 radical (unpaired) electrons. The van der Waals surface area contributed by atoms with Crippen molar-refractivity contribution >= 4 is 10.8 Å². The van der Waals surface area contributed by atoms with Crippen molar-refractivity contribution in [2.75, 3.05) is 0 Å². The molecule has 0 aliphatic heterocycles. The van der Waals surface area contributed by atoms with Gasteiger partial charge in [0.15, 0.2) is 0 Å². The van der Waals surface area contributed by atoms with E-state index in [0.29, 0.717) is 10.8 Å². The lowest BCUT2D eigenvalue weighted by Gasteiger charge is -2.08. The van der Waals surface area contributed by atoms with Gasteiger partial charge in [0.05, 0.1) is 5.39 Å². The number of aryl methyl sites for hydroxylation is 1. The van der Waals surface area contributed by atoms with E-state index < -0.39 is 0 Å². The van der Waals surface area contributed by atoms with Gasteiger partial charge in [-0.2, -0.15) is 0 Å². The molecule has 0 saturated carbocycles. The Morgan fingerprint density at radius 3 is 2.56 bits per heavy atom. The van der Waals surface area contributed by atoms with Gasteiger partial charge in [0, 0.05) is 18.6 Å². The number of pyridine rings is 1. The second kappa shape index (κ2) is 3.74. The first-order valence-electron chi connectivity index (χ1n) is 5.29. The Morgan fingerprint density at radius 1 is 1.25 bits per heavy atom. The summed E-state index contributed by atoms with van der Waals surface area (Å²) in [6.07, 6.45) is 1.59. The average molecular weight is 219 g/mol. The summed E-state index contributed by atoms with van der Waals surface area (Å²) in [5.41, 5.74) is 0.701. The number of benzene rings is 1. The molecule has 0 fully saturated rings. The number of halogens is 1. The van der Waals surface area contributed by atoms with Crippen LogP contribution < -0.4 is 5.56 Å². The van der Waals surface area contributed by atoms with Crippen LogP contribution in [-0.2, 0) is 7.05 Å². The predicted molar refractivity (Wildman–Crippen MR) is 63.2 cm³/mol. The van der Waals surface area contributed by atoms with Gasteiger partial charge in [0.1, 0.15) is 5.82 Å². The number of aromatic nitrogens is 1. The summed E-state index contributed by atoms with van der Waals surface area (Å²) in [6.45, 7) is 3.96. The highest BCUT2D eigenvalue weighted by molar-refractivity contribution is 5.82. The molecule has 2 nitrogen and oxygen atoms in total. The van der Waals surface area contributed by atoms with Gasteiger partial charge in [-0.3, -0.25) is 4.79 Å². The molecule has 0 aliphatic rings. The van der Waals surface area contributed by atoms with Gasteiger partial charge in [-0.15, -0.1) is 0 Å². The van der Waals surface area contributed by atoms with Crippen molar-refractivity contribution in [1.82, 2.24) is 4.57 Å². The predicted octanol–water partition coefficient (Wildman–Crippen LogP) is 2.80. The number of nitrogens with zero attached hydrogens (tertiary/aromatic N) is 1. The van der Waals surface area contributed by atoms with Crippen LogP contribution in [0.1, 0.15) is 25.3 Å². The smallest absolute Gasteiger partial charge is 0.258 e. The number of rotatable bonds is 1. The number of fused-ring (bicyclic) bond motifs is 1. The number of hydrogen-bond acceptors (Lipinski definition) is 1. The maximum absolute atomic E-state index is 13.8. The highest BCUT2D eigenvalue weighted by Gasteiger charge is 2.09. The standard InChI is InChI=1S/C13H14FNO/c1-8(2)9-6-11-10(12(14)7-9)4-5-15(3)13(11)16/h4-8H,1-3H3. The molecule has 84 valence electrons. The molecule has 0 spiro atoms. The van der Waals surface area contributed by atoms with E-state index in [1.807, 2.05) is 13.8 Å². The van der Waals surface area contributed by atoms with Crippen molar-refractivity contribution in [3.63, 3.8) is 0 Å². The minimum Gasteiger partial charge on any atom is -0.318 e. The molecule has 2 rings (SSSR count). The van der Waals surface area contributed by atoms with Crippen LogP contribution in [0.5, 0.6) is 0 Å². The van der Waals surface area contributed by atoms with Gasteiger partial charge in [0.25, 0.3) is 5.56 Å². The van der Waals surface area contributed by atoms with Crippen molar-refractivity contribution in [2.45, 2.75) is 19.8 Å². The SMILES string of the molecule is CC(C)c1cc(F)c2ccn(C)c(=O)c2c1. The molecule has 0 unspecified atom stereocenters. The minimum atomic E-state index is -0.320. The van der Waals surface area contributed by atoms with Crippen molar-refractivity contribution in [2.24, 2.45) is 7.05 Å². The fraction of sp³-hybridized carbons (Fsp3) is 0.308. The first-order chi connectivity index (χ1) is 7.50. The summed E-state index contributed by atoms with van der Waals surface area (Å²) < 4.78 is 15.2. The van der Waals surface area contributed by atoms with E-state index in [0.717, 1.165) is 5.56 Å². The van der Waals surface area contributed by atoms with Crippen molar-refractivity contribution in [1.29, 1.82) is 0 Å². The Morgan fingerprint density at radius 2 is 1.94 bits per heavy atom. The highest BCUT2D eigenvalue weighted by Crippen LogP contribution is 2.22. The van der Waals surface area contributed by atoms with Crippen LogP contribution in [-0.4, -0.2) is 4.57 Å². The van der Waals surface area contributed by atoms with Gasteiger partial charge < -0.3 is 4.57 Å². The van der Waals surface area contributed by atoms with E-state index in [4.69, 9.17) is 0 Å². The molecule has 1 heterocycles. The first kappa shape index (κ1) is 10.9. The van der Waals surface area contributed by atoms with Crippen LogP contribution in [0, 0.1) is 5.82 Å². The molecule has 0 atom stereocenters. The monoisotopic (exact) mass is 219 g/mol. The average Bonchev–Trinajstić information content (AvgIpc) is 2.23. The van der Waals surface area contributed by atoms with E-state index in [1.165, 1.54) is 10.6 Å². The molecule has 1 aromatic carbocycles. The summed E-state index contributed by atoms with van der Waals surface area (Å²) in [5.74, 6) is -0.109.